The number of esters is 1. The lowest BCUT2D eigenvalue weighted by Gasteiger charge is -2.08. The van der Waals surface area contributed by atoms with Gasteiger partial charge in [-0.2, -0.15) is 0 Å². The Kier molecular flexibility index (Phi) is 6.21. The molecule has 0 saturated heterocycles. The largest absolute Gasteiger partial charge is 0.490 e. The van der Waals surface area contributed by atoms with Crippen molar-refractivity contribution in [1.82, 2.24) is 4.57 Å². The summed E-state index contributed by atoms with van der Waals surface area (Å²) in [7, 11) is 0. The van der Waals surface area contributed by atoms with E-state index in [4.69, 9.17) is 9.47 Å². The third-order valence-corrected chi connectivity index (χ3v) is 4.30. The molecule has 22 heavy (non-hydrogen) atoms. The highest BCUT2D eigenvalue weighted by Gasteiger charge is 2.07. The van der Waals surface area contributed by atoms with Crippen LogP contribution in [0.3, 0.4) is 0 Å². The predicted molar refractivity (Wildman–Crippen MR) is 88.5 cm³/mol. The Morgan fingerprint density at radius 3 is 2.86 bits per heavy atom. The molecule has 0 saturated carbocycles. The number of aromatic nitrogens is 1. The van der Waals surface area contributed by atoms with E-state index in [1.165, 1.54) is 0 Å². The van der Waals surface area contributed by atoms with Gasteiger partial charge in [-0.3, -0.25) is 9.59 Å². The van der Waals surface area contributed by atoms with Gasteiger partial charge in [-0.1, -0.05) is 33.3 Å². The van der Waals surface area contributed by atoms with Crippen LogP contribution in [0.5, 0.6) is 5.75 Å². The highest BCUT2D eigenvalue weighted by molar-refractivity contribution is 9.10. The third kappa shape index (κ3) is 4.99. The standard InChI is InChI=1S/C15H16BrNO4S/c1-11-10-22-15(19)17(11)6-5-14(18)21-8-7-20-13-4-2-3-12(16)9-13/h2-4,9-10H,5-8H2,1H3. The lowest BCUT2D eigenvalue weighted by Crippen LogP contribution is -2.19. The molecule has 5 nitrogen and oxygen atoms in total. The summed E-state index contributed by atoms with van der Waals surface area (Å²) < 4.78 is 13.1. The fraction of sp³-hybridized carbons (Fsp3) is 0.333. The molecular formula is C15H16BrNO4S. The Morgan fingerprint density at radius 1 is 1.36 bits per heavy atom. The second-order valence-electron chi connectivity index (χ2n) is 4.57. The second-order valence-corrected chi connectivity index (χ2v) is 6.31. The van der Waals surface area contributed by atoms with E-state index >= 15 is 0 Å². The Balaban J connectivity index is 1.67. The van der Waals surface area contributed by atoms with Gasteiger partial charge >= 0.3 is 10.8 Å². The van der Waals surface area contributed by atoms with Crippen LogP contribution in [-0.4, -0.2) is 23.8 Å². The van der Waals surface area contributed by atoms with E-state index in [0.29, 0.717) is 18.9 Å². The molecule has 118 valence electrons. The topological polar surface area (TPSA) is 57.5 Å². The smallest absolute Gasteiger partial charge is 0.307 e. The van der Waals surface area contributed by atoms with E-state index in [1.807, 2.05) is 31.2 Å². The number of hydrogen-bond acceptors (Lipinski definition) is 5. The molecule has 0 aliphatic rings. The van der Waals surface area contributed by atoms with Crippen LogP contribution in [0.15, 0.2) is 38.9 Å². The van der Waals surface area contributed by atoms with Crippen molar-refractivity contribution in [2.24, 2.45) is 0 Å². The fourth-order valence-electron chi connectivity index (χ4n) is 1.82. The van der Waals surface area contributed by atoms with Crippen LogP contribution in [0, 0.1) is 6.92 Å². The number of ether oxygens (including phenoxy) is 2. The fourth-order valence-corrected chi connectivity index (χ4v) is 2.96. The molecule has 0 bridgehead atoms. The van der Waals surface area contributed by atoms with Crippen molar-refractivity contribution in [3.63, 3.8) is 0 Å². The van der Waals surface area contributed by atoms with Gasteiger partial charge in [-0.25, -0.2) is 0 Å². The van der Waals surface area contributed by atoms with E-state index in [0.717, 1.165) is 21.5 Å². The Bertz CT molecular complexity index is 695. The lowest BCUT2D eigenvalue weighted by molar-refractivity contribution is -0.144. The van der Waals surface area contributed by atoms with Crippen molar-refractivity contribution in [2.75, 3.05) is 13.2 Å². The number of nitrogens with zero attached hydrogens (tertiary/aromatic N) is 1. The molecule has 0 aliphatic heterocycles. The molecule has 1 aromatic heterocycles. The van der Waals surface area contributed by atoms with Crippen molar-refractivity contribution >= 4 is 33.2 Å². The number of carbonyl (C=O) groups is 1. The van der Waals surface area contributed by atoms with Crippen LogP contribution >= 0.6 is 27.3 Å². The van der Waals surface area contributed by atoms with Gasteiger partial charge in [0.05, 0.1) is 6.42 Å². The van der Waals surface area contributed by atoms with E-state index in [-0.39, 0.29) is 23.9 Å². The molecule has 0 atom stereocenters. The van der Waals surface area contributed by atoms with Gasteiger partial charge in [0.2, 0.25) is 0 Å². The van der Waals surface area contributed by atoms with E-state index in [9.17, 15) is 9.59 Å². The summed E-state index contributed by atoms with van der Waals surface area (Å²) >= 11 is 4.49. The number of thiazole rings is 1. The number of benzene rings is 1. The molecule has 2 aromatic rings. The highest BCUT2D eigenvalue weighted by Crippen LogP contribution is 2.17. The molecule has 1 aromatic carbocycles. The maximum Gasteiger partial charge on any atom is 0.307 e. The van der Waals surface area contributed by atoms with Crippen molar-refractivity contribution in [3.05, 3.63) is 49.5 Å². The van der Waals surface area contributed by atoms with E-state index in [2.05, 4.69) is 15.9 Å². The highest BCUT2D eigenvalue weighted by atomic mass is 79.9. The third-order valence-electron chi connectivity index (χ3n) is 2.93. The van der Waals surface area contributed by atoms with Crippen molar-refractivity contribution < 1.29 is 14.3 Å². The summed E-state index contributed by atoms with van der Waals surface area (Å²) in [6, 6.07) is 7.44. The van der Waals surface area contributed by atoms with Gasteiger partial charge in [0.15, 0.2) is 0 Å². The van der Waals surface area contributed by atoms with Gasteiger partial charge < -0.3 is 14.0 Å². The van der Waals surface area contributed by atoms with Crippen LogP contribution in [0.2, 0.25) is 0 Å². The van der Waals surface area contributed by atoms with Crippen LogP contribution < -0.4 is 9.61 Å². The van der Waals surface area contributed by atoms with Crippen molar-refractivity contribution in [1.29, 1.82) is 0 Å². The monoisotopic (exact) mass is 385 g/mol. The molecule has 1 heterocycles. The van der Waals surface area contributed by atoms with Gasteiger partial charge in [0, 0.05) is 22.1 Å². The minimum Gasteiger partial charge on any atom is -0.490 e. The zero-order valence-electron chi connectivity index (χ0n) is 12.1. The van der Waals surface area contributed by atoms with Gasteiger partial charge in [0.1, 0.15) is 19.0 Å². The van der Waals surface area contributed by atoms with Gasteiger partial charge in [0.25, 0.3) is 0 Å². The summed E-state index contributed by atoms with van der Waals surface area (Å²) in [6.07, 6.45) is 0.175. The van der Waals surface area contributed by atoms with Crippen molar-refractivity contribution in [2.45, 2.75) is 19.9 Å². The Morgan fingerprint density at radius 2 is 2.18 bits per heavy atom. The number of aryl methyl sites for hydroxylation is 1. The van der Waals surface area contributed by atoms with E-state index in [1.54, 1.807) is 9.95 Å². The molecule has 2 rings (SSSR count). The molecule has 7 heteroatoms. The molecule has 0 radical (unpaired) electrons. The van der Waals surface area contributed by atoms with E-state index < -0.39 is 0 Å². The molecule has 0 fully saturated rings. The first-order chi connectivity index (χ1) is 10.6. The van der Waals surface area contributed by atoms with Crippen molar-refractivity contribution in [3.8, 4) is 5.75 Å². The first-order valence-electron chi connectivity index (χ1n) is 6.75. The average molecular weight is 386 g/mol. The molecule has 0 spiro atoms. The quantitative estimate of drug-likeness (QED) is 0.542. The maximum atomic E-state index is 11.6. The molecule has 0 aliphatic carbocycles. The van der Waals surface area contributed by atoms with Crippen LogP contribution in [0.25, 0.3) is 0 Å². The van der Waals surface area contributed by atoms with Crippen LogP contribution in [0.1, 0.15) is 12.1 Å². The first kappa shape index (κ1) is 16.8. The zero-order valence-corrected chi connectivity index (χ0v) is 14.5. The Hall–Kier alpha value is -1.60. The predicted octanol–water partition coefficient (Wildman–Crippen LogP) is 2.99. The van der Waals surface area contributed by atoms with Gasteiger partial charge in [-0.05, 0) is 25.1 Å². The minimum absolute atomic E-state index is 0.0525. The normalized spacial score (nSPS) is 10.5. The minimum atomic E-state index is -0.338. The molecule has 0 N–H and O–H groups in total. The second kappa shape index (κ2) is 8.14. The number of carbonyl (C=O) groups excluding carboxylic acids is 1. The molecule has 0 unspecified atom stereocenters. The number of rotatable bonds is 7. The SMILES string of the molecule is Cc1csc(=O)n1CCC(=O)OCCOc1cccc(Br)c1. The van der Waals surface area contributed by atoms with Crippen LogP contribution in [0.4, 0.5) is 0 Å². The molecular weight excluding hydrogens is 370 g/mol. The summed E-state index contributed by atoms with van der Waals surface area (Å²) in [6.45, 7) is 2.66. The Labute approximate surface area is 140 Å². The lowest BCUT2D eigenvalue weighted by atomic mass is 10.3. The number of halogens is 1. The summed E-state index contributed by atoms with van der Waals surface area (Å²) in [4.78, 5) is 23.1. The number of hydrogen-bond donors (Lipinski definition) is 0. The summed E-state index contributed by atoms with van der Waals surface area (Å²) in [5, 5.41) is 1.78. The van der Waals surface area contributed by atoms with Gasteiger partial charge in [-0.15, -0.1) is 0 Å². The summed E-state index contributed by atoms with van der Waals surface area (Å²) in [5.41, 5.74) is 0.862. The van der Waals surface area contributed by atoms with Crippen LogP contribution in [-0.2, 0) is 16.1 Å². The first-order valence-corrected chi connectivity index (χ1v) is 8.42. The zero-order chi connectivity index (χ0) is 15.9. The molecule has 0 amide bonds. The summed E-state index contributed by atoms with van der Waals surface area (Å²) in [5.74, 6) is 0.376. The maximum absolute atomic E-state index is 11.6. The average Bonchev–Trinajstić information content (AvgIpc) is 2.80.